The first-order valence-corrected chi connectivity index (χ1v) is 10.0. The monoisotopic (exact) mass is 390 g/mol. The third-order valence-electron chi connectivity index (χ3n) is 4.30. The van der Waals surface area contributed by atoms with Crippen LogP contribution in [-0.4, -0.2) is 43.9 Å². The van der Waals surface area contributed by atoms with E-state index in [2.05, 4.69) is 27.0 Å². The lowest BCUT2D eigenvalue weighted by molar-refractivity contribution is 0.0527. The SMILES string of the molecule is CN=C(NCCCNC(=O)OC(C)(C)C)NCc1ccccc1OC1CCC1. The summed E-state index contributed by atoms with van der Waals surface area (Å²) < 4.78 is 11.3. The molecular formula is C21H34N4O3. The third-order valence-corrected chi connectivity index (χ3v) is 4.30. The summed E-state index contributed by atoms with van der Waals surface area (Å²) in [7, 11) is 1.74. The van der Waals surface area contributed by atoms with Crippen LogP contribution in [0.15, 0.2) is 29.3 Å². The average Bonchev–Trinajstić information content (AvgIpc) is 2.59. The molecule has 1 fully saturated rings. The molecule has 0 saturated heterocycles. The average molecular weight is 391 g/mol. The first-order chi connectivity index (χ1) is 13.4. The van der Waals surface area contributed by atoms with Gasteiger partial charge in [0, 0.05) is 32.2 Å². The molecule has 0 heterocycles. The van der Waals surface area contributed by atoms with Gasteiger partial charge < -0.3 is 25.4 Å². The Balaban J connectivity index is 1.67. The Hall–Kier alpha value is -2.44. The van der Waals surface area contributed by atoms with E-state index in [4.69, 9.17) is 9.47 Å². The van der Waals surface area contributed by atoms with Crippen molar-refractivity contribution in [3.05, 3.63) is 29.8 Å². The molecule has 0 bridgehead atoms. The van der Waals surface area contributed by atoms with Crippen LogP contribution in [0.4, 0.5) is 4.79 Å². The van der Waals surface area contributed by atoms with Crippen LogP contribution in [0.1, 0.15) is 52.0 Å². The molecule has 0 spiro atoms. The van der Waals surface area contributed by atoms with Crippen molar-refractivity contribution in [2.45, 2.75) is 64.7 Å². The normalized spacial score (nSPS) is 14.8. The Morgan fingerprint density at radius 3 is 2.50 bits per heavy atom. The largest absolute Gasteiger partial charge is 0.490 e. The number of ether oxygens (including phenoxy) is 2. The molecule has 0 unspecified atom stereocenters. The van der Waals surface area contributed by atoms with Crippen LogP contribution in [0.3, 0.4) is 0 Å². The second kappa shape index (κ2) is 10.8. The summed E-state index contributed by atoms with van der Waals surface area (Å²) in [5.41, 5.74) is 0.636. The summed E-state index contributed by atoms with van der Waals surface area (Å²) in [5, 5.41) is 9.31. The maximum atomic E-state index is 11.6. The molecule has 156 valence electrons. The summed E-state index contributed by atoms with van der Waals surface area (Å²) in [5.74, 6) is 1.66. The Morgan fingerprint density at radius 2 is 1.86 bits per heavy atom. The van der Waals surface area contributed by atoms with E-state index >= 15 is 0 Å². The van der Waals surface area contributed by atoms with Gasteiger partial charge in [0.2, 0.25) is 0 Å². The molecule has 1 aliphatic rings. The van der Waals surface area contributed by atoms with Gasteiger partial charge in [0.1, 0.15) is 11.4 Å². The fourth-order valence-electron chi connectivity index (χ4n) is 2.63. The number of benzene rings is 1. The zero-order valence-electron chi connectivity index (χ0n) is 17.5. The van der Waals surface area contributed by atoms with E-state index in [1.54, 1.807) is 7.05 Å². The maximum Gasteiger partial charge on any atom is 0.407 e. The van der Waals surface area contributed by atoms with Crippen molar-refractivity contribution in [1.29, 1.82) is 0 Å². The molecule has 1 saturated carbocycles. The van der Waals surface area contributed by atoms with Gasteiger partial charge in [-0.25, -0.2) is 4.79 Å². The zero-order chi connectivity index (χ0) is 20.4. The van der Waals surface area contributed by atoms with Crippen molar-refractivity contribution in [2.75, 3.05) is 20.1 Å². The molecule has 7 nitrogen and oxygen atoms in total. The van der Waals surface area contributed by atoms with Gasteiger partial charge in [-0.2, -0.15) is 0 Å². The van der Waals surface area contributed by atoms with E-state index < -0.39 is 11.7 Å². The van der Waals surface area contributed by atoms with Gasteiger partial charge in [-0.1, -0.05) is 18.2 Å². The van der Waals surface area contributed by atoms with Gasteiger partial charge in [-0.3, -0.25) is 4.99 Å². The Kier molecular flexibility index (Phi) is 8.42. The van der Waals surface area contributed by atoms with Gasteiger partial charge in [0.15, 0.2) is 5.96 Å². The van der Waals surface area contributed by atoms with E-state index in [1.165, 1.54) is 6.42 Å². The molecule has 3 N–H and O–H groups in total. The number of carbonyl (C=O) groups is 1. The summed E-state index contributed by atoms with van der Waals surface area (Å²) in [4.78, 5) is 15.8. The van der Waals surface area contributed by atoms with E-state index in [9.17, 15) is 4.79 Å². The van der Waals surface area contributed by atoms with Crippen LogP contribution in [-0.2, 0) is 11.3 Å². The van der Waals surface area contributed by atoms with E-state index in [0.717, 1.165) is 36.5 Å². The number of alkyl carbamates (subject to hydrolysis) is 1. The lowest BCUT2D eigenvalue weighted by Crippen LogP contribution is -2.39. The number of nitrogens with zero attached hydrogens (tertiary/aromatic N) is 1. The Morgan fingerprint density at radius 1 is 1.14 bits per heavy atom. The van der Waals surface area contributed by atoms with E-state index in [0.29, 0.717) is 25.7 Å². The molecule has 1 aromatic rings. The lowest BCUT2D eigenvalue weighted by atomic mass is 9.96. The quantitative estimate of drug-likeness (QED) is 0.361. The highest BCUT2D eigenvalue weighted by molar-refractivity contribution is 5.79. The number of para-hydroxylation sites is 1. The van der Waals surface area contributed by atoms with Crippen LogP contribution in [0, 0.1) is 0 Å². The van der Waals surface area contributed by atoms with Crippen molar-refractivity contribution in [3.8, 4) is 5.75 Å². The molecule has 1 aromatic carbocycles. The van der Waals surface area contributed by atoms with Crippen LogP contribution in [0.2, 0.25) is 0 Å². The van der Waals surface area contributed by atoms with Crippen LogP contribution < -0.4 is 20.7 Å². The minimum Gasteiger partial charge on any atom is -0.490 e. The van der Waals surface area contributed by atoms with Crippen LogP contribution in [0.5, 0.6) is 5.75 Å². The molecule has 0 aliphatic heterocycles. The van der Waals surface area contributed by atoms with Crippen LogP contribution in [0.25, 0.3) is 0 Å². The smallest absolute Gasteiger partial charge is 0.407 e. The molecule has 1 amide bonds. The highest BCUT2D eigenvalue weighted by Crippen LogP contribution is 2.27. The van der Waals surface area contributed by atoms with Crippen molar-refractivity contribution >= 4 is 12.1 Å². The fraction of sp³-hybridized carbons (Fsp3) is 0.619. The van der Waals surface area contributed by atoms with Crippen molar-refractivity contribution in [2.24, 2.45) is 4.99 Å². The number of hydrogen-bond donors (Lipinski definition) is 3. The van der Waals surface area contributed by atoms with Crippen LogP contribution >= 0.6 is 0 Å². The second-order valence-electron chi connectivity index (χ2n) is 7.91. The molecule has 7 heteroatoms. The summed E-state index contributed by atoms with van der Waals surface area (Å²) >= 11 is 0. The Labute approximate surface area is 168 Å². The Bertz CT molecular complexity index is 651. The number of hydrogen-bond acceptors (Lipinski definition) is 4. The fourth-order valence-corrected chi connectivity index (χ4v) is 2.63. The minimum atomic E-state index is -0.479. The second-order valence-corrected chi connectivity index (χ2v) is 7.91. The summed E-state index contributed by atoms with van der Waals surface area (Å²) in [6.45, 7) is 7.41. The van der Waals surface area contributed by atoms with Gasteiger partial charge in [-0.15, -0.1) is 0 Å². The maximum absolute atomic E-state index is 11.6. The summed E-state index contributed by atoms with van der Waals surface area (Å²) in [6, 6.07) is 8.11. The molecule has 28 heavy (non-hydrogen) atoms. The molecule has 2 rings (SSSR count). The van der Waals surface area contributed by atoms with E-state index in [-0.39, 0.29) is 0 Å². The van der Waals surface area contributed by atoms with E-state index in [1.807, 2.05) is 39.0 Å². The molecule has 0 atom stereocenters. The predicted molar refractivity (Wildman–Crippen MR) is 112 cm³/mol. The number of guanidine groups is 1. The first-order valence-electron chi connectivity index (χ1n) is 10.0. The first kappa shape index (κ1) is 21.9. The minimum absolute atomic E-state index is 0.357. The number of nitrogens with one attached hydrogen (secondary N) is 3. The molecular weight excluding hydrogens is 356 g/mol. The number of aliphatic imine (C=N–C) groups is 1. The number of amides is 1. The molecule has 1 aliphatic carbocycles. The number of carbonyl (C=O) groups excluding carboxylic acids is 1. The zero-order valence-corrected chi connectivity index (χ0v) is 17.5. The highest BCUT2D eigenvalue weighted by atomic mass is 16.6. The van der Waals surface area contributed by atoms with Crippen molar-refractivity contribution in [1.82, 2.24) is 16.0 Å². The number of rotatable bonds is 8. The van der Waals surface area contributed by atoms with Gasteiger partial charge >= 0.3 is 6.09 Å². The standard InChI is InChI=1S/C21H34N4O3/c1-21(2,3)28-20(26)24-14-8-13-23-19(22-4)25-15-16-9-5-6-12-18(16)27-17-10-7-11-17/h5-6,9,12,17H,7-8,10-11,13-15H2,1-4H3,(H,24,26)(H2,22,23,25). The topological polar surface area (TPSA) is 84.0 Å². The summed E-state index contributed by atoms with van der Waals surface area (Å²) in [6.07, 6.45) is 4.27. The lowest BCUT2D eigenvalue weighted by Gasteiger charge is -2.27. The van der Waals surface area contributed by atoms with Gasteiger partial charge in [-0.05, 0) is 52.5 Å². The highest BCUT2D eigenvalue weighted by Gasteiger charge is 2.20. The van der Waals surface area contributed by atoms with Gasteiger partial charge in [0.25, 0.3) is 0 Å². The van der Waals surface area contributed by atoms with Gasteiger partial charge in [0.05, 0.1) is 6.10 Å². The van der Waals surface area contributed by atoms with Crippen molar-refractivity contribution in [3.63, 3.8) is 0 Å². The molecule has 0 radical (unpaired) electrons. The van der Waals surface area contributed by atoms with Crippen molar-refractivity contribution < 1.29 is 14.3 Å². The third kappa shape index (κ3) is 8.06. The molecule has 0 aromatic heterocycles. The predicted octanol–water partition coefficient (Wildman–Crippen LogP) is 3.20.